The second-order valence-corrected chi connectivity index (χ2v) is 7.09. The molecule has 1 saturated heterocycles. The van der Waals surface area contributed by atoms with Crippen LogP contribution in [-0.4, -0.2) is 63.8 Å². The molecule has 9 heteroatoms. The molecule has 0 spiro atoms. The maximum atomic E-state index is 11.2. The lowest BCUT2D eigenvalue weighted by atomic mass is 10.0. The number of ether oxygens (including phenoxy) is 2. The second kappa shape index (κ2) is 9.51. The minimum absolute atomic E-state index is 0.0290. The third-order valence-corrected chi connectivity index (χ3v) is 4.79. The molecule has 0 saturated carbocycles. The second-order valence-electron chi connectivity index (χ2n) is 7.09. The number of likely N-dealkylation sites (tertiary alicyclic amines) is 1. The number of benzene rings is 1. The van der Waals surface area contributed by atoms with Crippen LogP contribution in [0.25, 0.3) is 11.3 Å². The minimum atomic E-state index is -0.902. The van der Waals surface area contributed by atoms with Crippen molar-refractivity contribution in [3.8, 4) is 17.0 Å². The minimum Gasteiger partial charge on any atom is -0.467 e. The van der Waals surface area contributed by atoms with Gasteiger partial charge in [0.15, 0.2) is 6.79 Å². The third kappa shape index (κ3) is 5.32. The molecule has 1 aromatic heterocycles. The van der Waals surface area contributed by atoms with Crippen molar-refractivity contribution in [3.63, 3.8) is 0 Å². The molecule has 156 valence electrons. The molecule has 1 atom stereocenters. The standard InChI is InChI=1S/C20H27N5O4/c1-4-28-12-29-17-9-13(2)8-14(3)18(17)16-10-21-19(24-23-16)22-15-6-5-7-25(11-15)20(26)27/h8-10,15H,4-7,11-12H2,1-3H3,(H,26,27)(H,21,22,24). The number of rotatable bonds is 7. The highest BCUT2D eigenvalue weighted by atomic mass is 16.7. The Balaban J connectivity index is 1.75. The summed E-state index contributed by atoms with van der Waals surface area (Å²) in [6, 6.07) is 3.97. The smallest absolute Gasteiger partial charge is 0.407 e. The van der Waals surface area contributed by atoms with Gasteiger partial charge in [-0.25, -0.2) is 9.78 Å². The van der Waals surface area contributed by atoms with Gasteiger partial charge in [-0.05, 0) is 50.8 Å². The van der Waals surface area contributed by atoms with Gasteiger partial charge in [0.25, 0.3) is 0 Å². The Morgan fingerprint density at radius 3 is 2.86 bits per heavy atom. The lowest BCUT2D eigenvalue weighted by Gasteiger charge is -2.31. The number of amides is 1. The topological polar surface area (TPSA) is 110 Å². The molecule has 1 fully saturated rings. The van der Waals surface area contributed by atoms with Crippen LogP contribution in [-0.2, 0) is 4.74 Å². The van der Waals surface area contributed by atoms with Crippen LogP contribution in [0, 0.1) is 13.8 Å². The average molecular weight is 401 g/mol. The van der Waals surface area contributed by atoms with Crippen molar-refractivity contribution in [3.05, 3.63) is 29.5 Å². The van der Waals surface area contributed by atoms with E-state index >= 15 is 0 Å². The van der Waals surface area contributed by atoms with Gasteiger partial charge < -0.3 is 24.8 Å². The molecular weight excluding hydrogens is 374 g/mol. The van der Waals surface area contributed by atoms with Gasteiger partial charge in [-0.2, -0.15) is 0 Å². The Bertz CT molecular complexity index is 844. The van der Waals surface area contributed by atoms with Crippen LogP contribution in [0.3, 0.4) is 0 Å². The number of aryl methyl sites for hydroxylation is 2. The van der Waals surface area contributed by atoms with Crippen molar-refractivity contribution in [2.45, 2.75) is 39.7 Å². The average Bonchev–Trinajstić information content (AvgIpc) is 2.69. The summed E-state index contributed by atoms with van der Waals surface area (Å²) >= 11 is 0. The van der Waals surface area contributed by atoms with Crippen molar-refractivity contribution in [2.24, 2.45) is 0 Å². The van der Waals surface area contributed by atoms with Gasteiger partial charge in [-0.3, -0.25) is 0 Å². The highest BCUT2D eigenvalue weighted by molar-refractivity contribution is 5.71. The molecule has 9 nitrogen and oxygen atoms in total. The van der Waals surface area contributed by atoms with Crippen LogP contribution in [0.5, 0.6) is 5.75 Å². The number of hydrogen-bond donors (Lipinski definition) is 2. The van der Waals surface area contributed by atoms with Crippen molar-refractivity contribution in [1.82, 2.24) is 20.1 Å². The van der Waals surface area contributed by atoms with Crippen molar-refractivity contribution < 1.29 is 19.4 Å². The van der Waals surface area contributed by atoms with E-state index in [1.807, 2.05) is 26.8 Å². The Hall–Kier alpha value is -2.94. The lowest BCUT2D eigenvalue weighted by Crippen LogP contribution is -2.44. The van der Waals surface area contributed by atoms with E-state index in [0.29, 0.717) is 37.1 Å². The predicted molar refractivity (Wildman–Crippen MR) is 108 cm³/mol. The van der Waals surface area contributed by atoms with Crippen LogP contribution in [0.15, 0.2) is 18.3 Å². The summed E-state index contributed by atoms with van der Waals surface area (Å²) in [4.78, 5) is 17.0. The zero-order chi connectivity index (χ0) is 20.8. The van der Waals surface area contributed by atoms with E-state index in [-0.39, 0.29) is 12.8 Å². The molecule has 1 unspecified atom stereocenters. The zero-order valence-electron chi connectivity index (χ0n) is 17.0. The summed E-state index contributed by atoms with van der Waals surface area (Å²) < 4.78 is 11.1. The van der Waals surface area contributed by atoms with E-state index in [1.54, 1.807) is 6.20 Å². The monoisotopic (exact) mass is 401 g/mol. The number of anilines is 1. The first-order valence-electron chi connectivity index (χ1n) is 9.74. The maximum absolute atomic E-state index is 11.2. The Morgan fingerprint density at radius 2 is 2.17 bits per heavy atom. The summed E-state index contributed by atoms with van der Waals surface area (Å²) in [5.41, 5.74) is 3.53. The molecule has 0 aliphatic carbocycles. The summed E-state index contributed by atoms with van der Waals surface area (Å²) in [7, 11) is 0. The van der Waals surface area contributed by atoms with Gasteiger partial charge in [-0.1, -0.05) is 6.07 Å². The predicted octanol–water partition coefficient (Wildman–Crippen LogP) is 3.08. The van der Waals surface area contributed by atoms with Gasteiger partial charge in [0.05, 0.1) is 6.20 Å². The summed E-state index contributed by atoms with van der Waals surface area (Å²) in [6.07, 6.45) is 2.42. The molecule has 3 rings (SSSR count). The normalized spacial score (nSPS) is 16.5. The van der Waals surface area contributed by atoms with E-state index in [9.17, 15) is 4.79 Å². The van der Waals surface area contributed by atoms with E-state index in [2.05, 4.69) is 26.6 Å². The number of aromatic nitrogens is 3. The Kier molecular flexibility index (Phi) is 6.82. The number of hydrogen-bond acceptors (Lipinski definition) is 7. The summed E-state index contributed by atoms with van der Waals surface area (Å²) in [6.45, 7) is 7.61. The molecule has 1 amide bonds. The zero-order valence-corrected chi connectivity index (χ0v) is 17.0. The SMILES string of the molecule is CCOCOc1cc(C)cc(C)c1-c1cnc(NC2CCCN(C(=O)O)C2)nn1. The molecule has 1 aliphatic rings. The van der Waals surface area contributed by atoms with Crippen molar-refractivity contribution >= 4 is 12.0 Å². The van der Waals surface area contributed by atoms with E-state index < -0.39 is 6.09 Å². The van der Waals surface area contributed by atoms with E-state index in [0.717, 1.165) is 29.5 Å². The van der Waals surface area contributed by atoms with Gasteiger partial charge in [0.1, 0.15) is 11.4 Å². The Morgan fingerprint density at radius 1 is 1.34 bits per heavy atom. The molecule has 2 aromatic rings. The van der Waals surface area contributed by atoms with E-state index in [1.165, 1.54) is 4.90 Å². The number of carbonyl (C=O) groups is 1. The highest BCUT2D eigenvalue weighted by Crippen LogP contribution is 2.33. The first-order valence-corrected chi connectivity index (χ1v) is 9.74. The molecule has 1 aromatic carbocycles. The molecular formula is C20H27N5O4. The molecule has 0 radical (unpaired) electrons. The largest absolute Gasteiger partial charge is 0.467 e. The molecule has 2 N–H and O–H groups in total. The van der Waals surface area contributed by atoms with Crippen LogP contribution in [0.1, 0.15) is 30.9 Å². The number of nitrogens with zero attached hydrogens (tertiary/aromatic N) is 4. The lowest BCUT2D eigenvalue weighted by molar-refractivity contribution is 0.0227. The quantitative estimate of drug-likeness (QED) is 0.538. The highest BCUT2D eigenvalue weighted by Gasteiger charge is 2.23. The van der Waals surface area contributed by atoms with Crippen LogP contribution < -0.4 is 10.1 Å². The number of carboxylic acid groups (broad SMARTS) is 1. The molecule has 0 bridgehead atoms. The number of piperidine rings is 1. The first kappa shape index (κ1) is 20.8. The summed E-state index contributed by atoms with van der Waals surface area (Å²) in [5, 5.41) is 20.9. The van der Waals surface area contributed by atoms with Crippen LogP contribution >= 0.6 is 0 Å². The fraction of sp³-hybridized carbons (Fsp3) is 0.500. The van der Waals surface area contributed by atoms with Crippen LogP contribution in [0.2, 0.25) is 0 Å². The van der Waals surface area contributed by atoms with Crippen molar-refractivity contribution in [1.29, 1.82) is 0 Å². The fourth-order valence-electron chi connectivity index (χ4n) is 3.47. The van der Waals surface area contributed by atoms with Gasteiger partial charge >= 0.3 is 6.09 Å². The van der Waals surface area contributed by atoms with Crippen molar-refractivity contribution in [2.75, 3.05) is 31.8 Å². The molecule has 2 heterocycles. The number of nitrogens with one attached hydrogen (secondary N) is 1. The fourth-order valence-corrected chi connectivity index (χ4v) is 3.47. The van der Waals surface area contributed by atoms with Gasteiger partial charge in [-0.15, -0.1) is 10.2 Å². The third-order valence-electron chi connectivity index (χ3n) is 4.79. The van der Waals surface area contributed by atoms with Crippen LogP contribution in [0.4, 0.5) is 10.7 Å². The summed E-state index contributed by atoms with van der Waals surface area (Å²) in [5.74, 6) is 1.06. The van der Waals surface area contributed by atoms with Gasteiger partial charge in [0, 0.05) is 31.3 Å². The first-order chi connectivity index (χ1) is 14.0. The van der Waals surface area contributed by atoms with E-state index in [4.69, 9.17) is 14.6 Å². The molecule has 29 heavy (non-hydrogen) atoms. The molecule has 1 aliphatic heterocycles. The Labute approximate surface area is 170 Å². The maximum Gasteiger partial charge on any atom is 0.407 e. The van der Waals surface area contributed by atoms with Gasteiger partial charge in [0.2, 0.25) is 5.95 Å².